The highest BCUT2D eigenvalue weighted by atomic mass is 32.1. The van der Waals surface area contributed by atoms with Crippen LogP contribution in [0.5, 0.6) is 5.75 Å². The Balaban J connectivity index is 2.55. The highest BCUT2D eigenvalue weighted by molar-refractivity contribution is 7.09. The number of hydrogen-bond acceptors (Lipinski definition) is 3. The fraction of sp³-hybridized carbons (Fsp3) is 0.250. The van der Waals surface area contributed by atoms with Gasteiger partial charge in [0.15, 0.2) is 0 Å². The van der Waals surface area contributed by atoms with Gasteiger partial charge in [0.05, 0.1) is 12.3 Å². The highest BCUT2D eigenvalue weighted by Gasteiger charge is 2.10. The molecule has 1 N–H and O–H groups in total. The van der Waals surface area contributed by atoms with E-state index in [0.29, 0.717) is 6.61 Å². The van der Waals surface area contributed by atoms with Crippen LogP contribution in [0.25, 0.3) is 11.3 Å². The molecule has 0 saturated carbocycles. The molecule has 0 atom stereocenters. The Labute approximate surface area is 97.7 Å². The molecule has 0 fully saturated rings. The Morgan fingerprint density at radius 3 is 2.75 bits per heavy atom. The number of thiazole rings is 1. The van der Waals surface area contributed by atoms with Gasteiger partial charge in [0.1, 0.15) is 5.75 Å². The van der Waals surface area contributed by atoms with Crippen molar-refractivity contribution in [3.63, 3.8) is 0 Å². The molecule has 0 aliphatic carbocycles. The molecule has 0 radical (unpaired) electrons. The van der Waals surface area contributed by atoms with E-state index in [9.17, 15) is 4.79 Å². The first kappa shape index (κ1) is 11.0. The number of hydrogen-bond donors (Lipinski definition) is 1. The Morgan fingerprint density at radius 2 is 2.12 bits per heavy atom. The van der Waals surface area contributed by atoms with Crippen LogP contribution in [0.15, 0.2) is 29.1 Å². The molecule has 1 aromatic heterocycles. The summed E-state index contributed by atoms with van der Waals surface area (Å²) in [6.45, 7) is 4.49. The van der Waals surface area contributed by atoms with E-state index in [-0.39, 0.29) is 4.87 Å². The number of ether oxygens (including phenoxy) is 1. The van der Waals surface area contributed by atoms with Crippen LogP contribution < -0.4 is 9.61 Å². The Hall–Kier alpha value is -1.55. The molecule has 0 amide bonds. The minimum Gasteiger partial charge on any atom is -0.493 e. The standard InChI is InChI=1S/C12H13NO2S/c1-3-15-10-7-5-4-6-9(10)11-8(2)16-12(14)13-11/h4-7H,3H2,1-2H3,(H,13,14). The lowest BCUT2D eigenvalue weighted by atomic mass is 10.1. The highest BCUT2D eigenvalue weighted by Crippen LogP contribution is 2.31. The largest absolute Gasteiger partial charge is 0.493 e. The maximum absolute atomic E-state index is 11.3. The van der Waals surface area contributed by atoms with Gasteiger partial charge in [-0.3, -0.25) is 4.79 Å². The average molecular weight is 235 g/mol. The first-order valence-corrected chi connectivity index (χ1v) is 5.96. The zero-order valence-electron chi connectivity index (χ0n) is 9.24. The first-order valence-electron chi connectivity index (χ1n) is 5.14. The Kier molecular flexibility index (Phi) is 3.10. The van der Waals surface area contributed by atoms with E-state index in [0.717, 1.165) is 21.9 Å². The smallest absolute Gasteiger partial charge is 0.305 e. The van der Waals surface area contributed by atoms with Gasteiger partial charge in [0.2, 0.25) is 0 Å². The summed E-state index contributed by atoms with van der Waals surface area (Å²) in [5.41, 5.74) is 1.80. The number of aryl methyl sites for hydroxylation is 1. The van der Waals surface area contributed by atoms with Gasteiger partial charge in [-0.05, 0) is 26.0 Å². The molecule has 0 spiro atoms. The van der Waals surface area contributed by atoms with Crippen LogP contribution in [0.2, 0.25) is 0 Å². The van der Waals surface area contributed by atoms with Gasteiger partial charge >= 0.3 is 4.87 Å². The topological polar surface area (TPSA) is 42.1 Å². The number of para-hydroxylation sites is 1. The van der Waals surface area contributed by atoms with E-state index in [4.69, 9.17) is 4.74 Å². The van der Waals surface area contributed by atoms with E-state index < -0.39 is 0 Å². The van der Waals surface area contributed by atoms with Crippen LogP contribution in [0.3, 0.4) is 0 Å². The predicted octanol–water partition coefficient (Wildman–Crippen LogP) is 2.81. The van der Waals surface area contributed by atoms with Crippen LogP contribution in [-0.4, -0.2) is 11.6 Å². The van der Waals surface area contributed by atoms with Gasteiger partial charge in [-0.15, -0.1) is 0 Å². The van der Waals surface area contributed by atoms with Crippen molar-refractivity contribution in [3.8, 4) is 17.0 Å². The average Bonchev–Trinajstić information content (AvgIpc) is 2.59. The van der Waals surface area contributed by atoms with Crippen LogP contribution in [0, 0.1) is 6.92 Å². The SMILES string of the molecule is CCOc1ccccc1-c1[nH]c(=O)sc1C. The van der Waals surface area contributed by atoms with E-state index in [2.05, 4.69) is 4.98 Å². The summed E-state index contributed by atoms with van der Waals surface area (Å²) in [7, 11) is 0. The van der Waals surface area contributed by atoms with E-state index in [1.165, 1.54) is 11.3 Å². The lowest BCUT2D eigenvalue weighted by molar-refractivity contribution is 0.341. The summed E-state index contributed by atoms with van der Waals surface area (Å²) < 4.78 is 5.54. The molecule has 2 aromatic rings. The summed E-state index contributed by atoms with van der Waals surface area (Å²) in [5, 5.41) is 0. The molecule has 2 rings (SSSR count). The van der Waals surface area contributed by atoms with Crippen molar-refractivity contribution in [1.29, 1.82) is 0 Å². The Morgan fingerprint density at radius 1 is 1.38 bits per heavy atom. The number of aromatic amines is 1. The quantitative estimate of drug-likeness (QED) is 0.888. The molecule has 0 aliphatic rings. The lowest BCUT2D eigenvalue weighted by Crippen LogP contribution is -1.96. The summed E-state index contributed by atoms with van der Waals surface area (Å²) in [5.74, 6) is 0.808. The molecule has 0 saturated heterocycles. The van der Waals surface area contributed by atoms with Crippen LogP contribution >= 0.6 is 11.3 Å². The van der Waals surface area contributed by atoms with E-state index in [1.54, 1.807) is 0 Å². The molecule has 0 aliphatic heterocycles. The van der Waals surface area contributed by atoms with Crippen LogP contribution in [0.1, 0.15) is 11.8 Å². The number of benzene rings is 1. The van der Waals surface area contributed by atoms with Crippen molar-refractivity contribution in [2.75, 3.05) is 6.61 Å². The van der Waals surface area contributed by atoms with Crippen LogP contribution in [-0.2, 0) is 0 Å². The molecule has 84 valence electrons. The monoisotopic (exact) mass is 235 g/mol. The van der Waals surface area contributed by atoms with Crippen molar-refractivity contribution in [2.24, 2.45) is 0 Å². The molecule has 0 unspecified atom stereocenters. The van der Waals surface area contributed by atoms with Crippen molar-refractivity contribution in [3.05, 3.63) is 38.8 Å². The summed E-state index contributed by atoms with van der Waals surface area (Å²) in [6.07, 6.45) is 0. The molecular formula is C12H13NO2S. The first-order chi connectivity index (χ1) is 7.72. The fourth-order valence-corrected chi connectivity index (χ4v) is 2.31. The molecular weight excluding hydrogens is 222 g/mol. The van der Waals surface area contributed by atoms with Gasteiger partial charge in [-0.1, -0.05) is 23.5 Å². The zero-order chi connectivity index (χ0) is 11.5. The summed E-state index contributed by atoms with van der Waals surface area (Å²) >= 11 is 1.22. The van der Waals surface area contributed by atoms with E-state index >= 15 is 0 Å². The second-order valence-corrected chi connectivity index (χ2v) is 4.56. The fourth-order valence-electron chi connectivity index (χ4n) is 1.62. The second-order valence-electron chi connectivity index (χ2n) is 3.37. The van der Waals surface area contributed by atoms with Crippen molar-refractivity contribution in [1.82, 2.24) is 4.98 Å². The van der Waals surface area contributed by atoms with Gasteiger partial charge in [-0.2, -0.15) is 0 Å². The Bertz CT molecular complexity index is 542. The second kappa shape index (κ2) is 4.53. The number of rotatable bonds is 3. The predicted molar refractivity (Wildman–Crippen MR) is 66.3 cm³/mol. The zero-order valence-corrected chi connectivity index (χ0v) is 10.1. The lowest BCUT2D eigenvalue weighted by Gasteiger charge is -2.08. The minimum absolute atomic E-state index is 0.0289. The third-order valence-electron chi connectivity index (χ3n) is 2.28. The number of nitrogens with one attached hydrogen (secondary N) is 1. The van der Waals surface area contributed by atoms with Crippen molar-refractivity contribution < 1.29 is 4.74 Å². The number of aromatic nitrogens is 1. The van der Waals surface area contributed by atoms with Gasteiger partial charge in [0.25, 0.3) is 0 Å². The molecule has 0 bridgehead atoms. The summed E-state index contributed by atoms with van der Waals surface area (Å²) in [4.78, 5) is 15.1. The van der Waals surface area contributed by atoms with Crippen molar-refractivity contribution >= 4 is 11.3 Å². The normalized spacial score (nSPS) is 10.4. The molecule has 1 heterocycles. The molecule has 4 heteroatoms. The number of H-pyrrole nitrogens is 1. The molecule has 16 heavy (non-hydrogen) atoms. The summed E-state index contributed by atoms with van der Waals surface area (Å²) in [6, 6.07) is 7.73. The van der Waals surface area contributed by atoms with Gasteiger partial charge in [0, 0.05) is 10.4 Å². The van der Waals surface area contributed by atoms with E-state index in [1.807, 2.05) is 38.1 Å². The maximum atomic E-state index is 11.3. The maximum Gasteiger partial charge on any atom is 0.305 e. The van der Waals surface area contributed by atoms with Crippen LogP contribution in [0.4, 0.5) is 0 Å². The van der Waals surface area contributed by atoms with Crippen molar-refractivity contribution in [2.45, 2.75) is 13.8 Å². The third kappa shape index (κ3) is 2.02. The minimum atomic E-state index is -0.0289. The van der Waals surface area contributed by atoms with Gasteiger partial charge < -0.3 is 9.72 Å². The molecule has 3 nitrogen and oxygen atoms in total. The van der Waals surface area contributed by atoms with Gasteiger partial charge in [-0.25, -0.2) is 0 Å². The third-order valence-corrected chi connectivity index (χ3v) is 3.08. The molecule has 1 aromatic carbocycles.